The van der Waals surface area contributed by atoms with Crippen LogP contribution in [0.3, 0.4) is 0 Å². The molecule has 0 unspecified atom stereocenters. The monoisotopic (exact) mass is 455 g/mol. The number of halogens is 3. The van der Waals surface area contributed by atoms with Gasteiger partial charge in [0, 0.05) is 41.6 Å². The average molecular weight is 455 g/mol. The standard InChI is InChI=1S/C22H16F3N5O3/c23-22(24,25)19(9-16(26)13-2-1-7-27-10-13)30-20-6-3-14(11-28-20)21(31)29-15-4-5-17-18(8-15)33-12-32-17/h1-11H,12,26H2,(H,29,31). The third kappa shape index (κ3) is 5.26. The van der Waals surface area contributed by atoms with Crippen LogP contribution in [0, 0.1) is 0 Å². The Bertz CT molecular complexity index is 1230. The Morgan fingerprint density at radius 1 is 1.09 bits per heavy atom. The maximum Gasteiger partial charge on any atom is 0.433 e. The third-order valence-corrected chi connectivity index (χ3v) is 4.45. The molecule has 3 heterocycles. The Morgan fingerprint density at radius 2 is 1.91 bits per heavy atom. The molecule has 1 aromatic carbocycles. The van der Waals surface area contributed by atoms with Crippen molar-refractivity contribution in [2.24, 2.45) is 10.7 Å². The summed E-state index contributed by atoms with van der Waals surface area (Å²) in [6, 6.07) is 10.5. The summed E-state index contributed by atoms with van der Waals surface area (Å²) in [5.74, 6) is 0.315. The summed E-state index contributed by atoms with van der Waals surface area (Å²) in [5.41, 5.74) is 5.28. The van der Waals surface area contributed by atoms with E-state index in [1.807, 2.05) is 0 Å². The van der Waals surface area contributed by atoms with E-state index < -0.39 is 17.8 Å². The van der Waals surface area contributed by atoms with Gasteiger partial charge in [-0.05, 0) is 42.5 Å². The third-order valence-electron chi connectivity index (χ3n) is 4.45. The number of nitrogens with one attached hydrogen (secondary N) is 1. The van der Waals surface area contributed by atoms with Crippen molar-refractivity contribution in [2.45, 2.75) is 6.18 Å². The number of nitrogens with two attached hydrogens (primary N) is 1. The first-order chi connectivity index (χ1) is 15.8. The van der Waals surface area contributed by atoms with Crippen molar-refractivity contribution in [3.05, 3.63) is 78.3 Å². The maximum atomic E-state index is 13.5. The second-order valence-electron chi connectivity index (χ2n) is 6.76. The molecule has 0 saturated carbocycles. The van der Waals surface area contributed by atoms with E-state index in [1.54, 1.807) is 24.3 Å². The smallest absolute Gasteiger partial charge is 0.433 e. The lowest BCUT2D eigenvalue weighted by molar-refractivity contribution is -0.0576. The Balaban J connectivity index is 1.52. The van der Waals surface area contributed by atoms with Crippen molar-refractivity contribution in [1.82, 2.24) is 9.97 Å². The summed E-state index contributed by atoms with van der Waals surface area (Å²) < 4.78 is 50.9. The van der Waals surface area contributed by atoms with Crippen LogP contribution in [-0.4, -0.2) is 34.6 Å². The van der Waals surface area contributed by atoms with Gasteiger partial charge in [-0.1, -0.05) is 0 Å². The number of hydrogen-bond acceptors (Lipinski definition) is 7. The van der Waals surface area contributed by atoms with E-state index in [4.69, 9.17) is 15.2 Å². The molecule has 1 amide bonds. The number of rotatable bonds is 5. The molecule has 0 aliphatic carbocycles. The largest absolute Gasteiger partial charge is 0.454 e. The molecule has 0 fully saturated rings. The predicted octanol–water partition coefficient (Wildman–Crippen LogP) is 4.09. The molecule has 0 atom stereocenters. The number of aromatic nitrogens is 2. The van der Waals surface area contributed by atoms with Crippen molar-refractivity contribution in [2.75, 3.05) is 12.1 Å². The lowest BCUT2D eigenvalue weighted by Gasteiger charge is -2.09. The van der Waals surface area contributed by atoms with E-state index in [9.17, 15) is 18.0 Å². The highest BCUT2D eigenvalue weighted by molar-refractivity contribution is 6.06. The fraction of sp³-hybridized carbons (Fsp3) is 0.0909. The van der Waals surface area contributed by atoms with Gasteiger partial charge in [0.1, 0.15) is 5.71 Å². The highest BCUT2D eigenvalue weighted by Crippen LogP contribution is 2.34. The van der Waals surface area contributed by atoms with E-state index >= 15 is 0 Å². The molecule has 1 aliphatic rings. The quantitative estimate of drug-likeness (QED) is 0.561. The van der Waals surface area contributed by atoms with Crippen LogP contribution in [0.4, 0.5) is 24.7 Å². The molecule has 4 rings (SSSR count). The van der Waals surface area contributed by atoms with Crippen LogP contribution < -0.4 is 20.5 Å². The molecular weight excluding hydrogens is 439 g/mol. The van der Waals surface area contributed by atoms with Crippen molar-refractivity contribution in [3.63, 3.8) is 0 Å². The molecule has 1 aliphatic heterocycles. The van der Waals surface area contributed by atoms with Gasteiger partial charge < -0.3 is 20.5 Å². The normalized spacial score (nSPS) is 13.7. The zero-order chi connectivity index (χ0) is 23.4. The van der Waals surface area contributed by atoms with Crippen molar-refractivity contribution < 1.29 is 27.4 Å². The van der Waals surface area contributed by atoms with Crippen molar-refractivity contribution in [3.8, 4) is 11.5 Å². The topological polar surface area (TPSA) is 112 Å². The van der Waals surface area contributed by atoms with E-state index in [1.165, 1.54) is 30.6 Å². The Hall–Kier alpha value is -4.41. The lowest BCUT2D eigenvalue weighted by Crippen LogP contribution is -2.22. The second-order valence-corrected chi connectivity index (χ2v) is 6.76. The fourth-order valence-electron chi connectivity index (χ4n) is 2.83. The Kier molecular flexibility index (Phi) is 5.94. The summed E-state index contributed by atoms with van der Waals surface area (Å²) in [6.45, 7) is 0.0988. The van der Waals surface area contributed by atoms with Crippen LogP contribution in [0.15, 0.2) is 72.1 Å². The molecule has 3 aromatic rings. The zero-order valence-corrected chi connectivity index (χ0v) is 16.8. The molecule has 0 spiro atoms. The number of pyridine rings is 2. The molecule has 33 heavy (non-hydrogen) atoms. The van der Waals surface area contributed by atoms with Crippen LogP contribution in [0.1, 0.15) is 15.9 Å². The maximum absolute atomic E-state index is 13.5. The number of nitrogens with zero attached hydrogens (tertiary/aromatic N) is 3. The van der Waals surface area contributed by atoms with Gasteiger partial charge in [-0.15, -0.1) is 0 Å². The number of ether oxygens (including phenoxy) is 2. The average Bonchev–Trinajstić information content (AvgIpc) is 3.27. The summed E-state index contributed by atoms with van der Waals surface area (Å²) in [4.78, 5) is 23.7. The summed E-state index contributed by atoms with van der Waals surface area (Å²) in [7, 11) is 0. The molecule has 0 radical (unpaired) electrons. The van der Waals surface area contributed by atoms with Gasteiger partial charge in [-0.25, -0.2) is 9.98 Å². The first-order valence-corrected chi connectivity index (χ1v) is 9.50. The highest BCUT2D eigenvalue weighted by Gasteiger charge is 2.34. The number of aliphatic imine (C=N–C) groups is 1. The molecule has 2 aromatic heterocycles. The fourth-order valence-corrected chi connectivity index (χ4v) is 2.83. The second kappa shape index (κ2) is 8.99. The number of fused-ring (bicyclic) bond motifs is 1. The number of carbonyl (C=O) groups excluding carboxylic acids is 1. The first kappa shape index (κ1) is 21.8. The molecule has 0 saturated heterocycles. The van der Waals surface area contributed by atoms with Gasteiger partial charge in [0.25, 0.3) is 5.91 Å². The van der Waals surface area contributed by atoms with Crippen molar-refractivity contribution >= 4 is 28.8 Å². The van der Waals surface area contributed by atoms with E-state index in [-0.39, 0.29) is 23.9 Å². The Labute approximate surface area is 185 Å². The first-order valence-electron chi connectivity index (χ1n) is 9.50. The lowest BCUT2D eigenvalue weighted by atomic mass is 10.2. The van der Waals surface area contributed by atoms with Crippen LogP contribution >= 0.6 is 0 Å². The molecular formula is C22H16F3N5O3. The number of alkyl halides is 3. The minimum absolute atomic E-state index is 0.0988. The van der Waals surface area contributed by atoms with Gasteiger partial charge in [0.05, 0.1) is 5.56 Å². The van der Waals surface area contributed by atoms with Crippen molar-refractivity contribution in [1.29, 1.82) is 0 Å². The number of carbonyl (C=O) groups is 1. The predicted molar refractivity (Wildman–Crippen MR) is 114 cm³/mol. The summed E-state index contributed by atoms with van der Waals surface area (Å²) in [6.07, 6.45) is -0.124. The molecule has 0 bridgehead atoms. The Morgan fingerprint density at radius 3 is 2.61 bits per heavy atom. The number of allylic oxidation sites excluding steroid dienone is 1. The molecule has 11 heteroatoms. The number of anilines is 1. The van der Waals surface area contributed by atoms with Gasteiger partial charge >= 0.3 is 6.18 Å². The minimum atomic E-state index is -4.77. The molecule has 8 nitrogen and oxygen atoms in total. The van der Waals surface area contributed by atoms with Crippen LogP contribution in [-0.2, 0) is 0 Å². The number of hydrogen-bond donors (Lipinski definition) is 2. The SMILES string of the molecule is NC(=CC(=Nc1ccc(C(=O)Nc2ccc3c(c2)OCO3)cn1)C(F)(F)F)c1cccnc1. The number of amides is 1. The van der Waals surface area contributed by atoms with Gasteiger partial charge in [0.15, 0.2) is 17.3 Å². The summed E-state index contributed by atoms with van der Waals surface area (Å²) >= 11 is 0. The van der Waals surface area contributed by atoms with Crippen LogP contribution in [0.2, 0.25) is 0 Å². The van der Waals surface area contributed by atoms with Crippen LogP contribution in [0.25, 0.3) is 5.70 Å². The van der Waals surface area contributed by atoms with Gasteiger partial charge in [0.2, 0.25) is 6.79 Å². The zero-order valence-electron chi connectivity index (χ0n) is 16.8. The number of benzene rings is 1. The van der Waals surface area contributed by atoms with Gasteiger partial charge in [-0.3, -0.25) is 9.78 Å². The minimum Gasteiger partial charge on any atom is -0.454 e. The summed E-state index contributed by atoms with van der Waals surface area (Å²) in [5, 5.41) is 2.65. The van der Waals surface area contributed by atoms with E-state index in [0.717, 1.165) is 6.20 Å². The van der Waals surface area contributed by atoms with E-state index in [2.05, 4.69) is 20.3 Å². The van der Waals surface area contributed by atoms with Gasteiger partial charge in [-0.2, -0.15) is 13.2 Å². The highest BCUT2D eigenvalue weighted by atomic mass is 19.4. The van der Waals surface area contributed by atoms with E-state index in [0.29, 0.717) is 28.8 Å². The van der Waals surface area contributed by atoms with Crippen LogP contribution in [0.5, 0.6) is 11.5 Å². The molecule has 3 N–H and O–H groups in total. The molecule has 168 valence electrons.